The number of thiophene rings is 2. The van der Waals surface area contributed by atoms with Gasteiger partial charge in [0, 0.05) is 92.0 Å². The van der Waals surface area contributed by atoms with E-state index in [2.05, 4.69) is 119 Å². The molecule has 0 aliphatic heterocycles. The zero-order chi connectivity index (χ0) is 35.5. The summed E-state index contributed by atoms with van der Waals surface area (Å²) >= 11 is 3.94. The van der Waals surface area contributed by atoms with Crippen molar-refractivity contribution in [3.05, 3.63) is 120 Å². The first-order valence-corrected chi connectivity index (χ1v) is 22.0. The largest absolute Gasteiger partial charge is 0.344 e. The van der Waals surface area contributed by atoms with Crippen LogP contribution in [0.15, 0.2) is 103 Å². The third-order valence-electron chi connectivity index (χ3n) is 13.6. The van der Waals surface area contributed by atoms with Crippen molar-refractivity contribution in [3.8, 4) is 0 Å². The lowest BCUT2D eigenvalue weighted by molar-refractivity contribution is 0.444. The van der Waals surface area contributed by atoms with Gasteiger partial charge in [-0.2, -0.15) is 0 Å². The highest BCUT2D eigenvalue weighted by Gasteiger charge is 2.23. The summed E-state index contributed by atoms with van der Waals surface area (Å²) in [6.45, 7) is 0.856. The summed E-state index contributed by atoms with van der Waals surface area (Å²) in [5.41, 5.74) is 9.97. The second kappa shape index (κ2) is 12.2. The molecular formula is C50H44N2S2. The molecule has 2 fully saturated rings. The van der Waals surface area contributed by atoms with Gasteiger partial charge in [-0.3, -0.25) is 0 Å². The summed E-state index contributed by atoms with van der Waals surface area (Å²) in [4.78, 5) is 0. The van der Waals surface area contributed by atoms with Crippen molar-refractivity contribution in [3.63, 3.8) is 0 Å². The van der Waals surface area contributed by atoms with E-state index in [-0.39, 0.29) is 0 Å². The molecule has 10 aromatic rings. The highest BCUT2D eigenvalue weighted by Crippen LogP contribution is 2.46. The molecule has 2 nitrogen and oxygen atoms in total. The Labute approximate surface area is 323 Å². The Hall–Kier alpha value is -4.64. The Morgan fingerprint density at radius 2 is 1.20 bits per heavy atom. The number of benzene rings is 6. The van der Waals surface area contributed by atoms with Crippen LogP contribution in [0.2, 0.25) is 0 Å². The van der Waals surface area contributed by atoms with Crippen molar-refractivity contribution in [2.45, 2.75) is 82.6 Å². The lowest BCUT2D eigenvalue weighted by Crippen LogP contribution is -2.04. The van der Waals surface area contributed by atoms with E-state index >= 15 is 0 Å². The van der Waals surface area contributed by atoms with Crippen LogP contribution in [0.5, 0.6) is 0 Å². The number of hydrogen-bond acceptors (Lipinski definition) is 2. The number of nitrogens with zero attached hydrogens (tertiary/aromatic N) is 2. The maximum atomic E-state index is 2.64. The van der Waals surface area contributed by atoms with Crippen LogP contribution < -0.4 is 0 Å². The quantitative estimate of drug-likeness (QED) is 0.170. The molecule has 0 atom stereocenters. The van der Waals surface area contributed by atoms with Gasteiger partial charge in [-0.25, -0.2) is 0 Å². The number of aromatic nitrogens is 2. The fourth-order valence-corrected chi connectivity index (χ4v) is 13.2. The van der Waals surface area contributed by atoms with E-state index < -0.39 is 0 Å². The van der Waals surface area contributed by atoms with E-state index in [0.29, 0.717) is 11.8 Å². The lowest BCUT2D eigenvalue weighted by Gasteiger charge is -2.23. The first-order valence-electron chi connectivity index (χ1n) is 20.4. The molecule has 0 radical (unpaired) electrons. The van der Waals surface area contributed by atoms with E-state index in [4.69, 9.17) is 0 Å². The molecule has 54 heavy (non-hydrogen) atoms. The van der Waals surface area contributed by atoms with E-state index in [1.165, 1.54) is 159 Å². The molecule has 4 heteroatoms. The highest BCUT2D eigenvalue weighted by atomic mass is 32.1. The van der Waals surface area contributed by atoms with Crippen LogP contribution in [-0.4, -0.2) is 9.13 Å². The Morgan fingerprint density at radius 1 is 0.500 bits per heavy atom. The minimum absolute atomic E-state index is 0.677. The van der Waals surface area contributed by atoms with Crippen LogP contribution in [0.25, 0.3) is 84.0 Å². The first kappa shape index (κ1) is 31.7. The summed E-state index contributed by atoms with van der Waals surface area (Å²) in [6.07, 6.45) is 13.5. The Bertz CT molecular complexity index is 3120. The van der Waals surface area contributed by atoms with Crippen LogP contribution in [0, 0.1) is 0 Å². The maximum absolute atomic E-state index is 2.64. The van der Waals surface area contributed by atoms with Crippen molar-refractivity contribution in [1.82, 2.24) is 9.13 Å². The van der Waals surface area contributed by atoms with Gasteiger partial charge in [0.2, 0.25) is 0 Å². The molecule has 0 unspecified atom stereocenters. The predicted octanol–water partition coefficient (Wildman–Crippen LogP) is 15.3. The van der Waals surface area contributed by atoms with Crippen LogP contribution >= 0.6 is 22.7 Å². The number of fused-ring (bicyclic) bond motifs is 12. The van der Waals surface area contributed by atoms with Crippen LogP contribution in [-0.2, 0) is 13.6 Å². The third kappa shape index (κ3) is 4.69. The Kier molecular flexibility index (Phi) is 7.15. The summed E-state index contributed by atoms with van der Waals surface area (Å²) in [7, 11) is 2.27. The molecule has 0 spiro atoms. The fourth-order valence-electron chi connectivity index (χ4n) is 10.9. The van der Waals surface area contributed by atoms with E-state index in [9.17, 15) is 0 Å². The van der Waals surface area contributed by atoms with Crippen LogP contribution in [0.3, 0.4) is 0 Å². The average molecular weight is 737 g/mol. The molecule has 0 N–H and O–H groups in total. The summed E-state index contributed by atoms with van der Waals surface area (Å²) in [5.74, 6) is 1.37. The van der Waals surface area contributed by atoms with Crippen molar-refractivity contribution < 1.29 is 0 Å². The molecule has 2 aliphatic carbocycles. The minimum atomic E-state index is 0.677. The van der Waals surface area contributed by atoms with Gasteiger partial charge in [-0.1, -0.05) is 93.1 Å². The topological polar surface area (TPSA) is 9.86 Å². The number of aryl methyl sites for hydroxylation is 1. The number of hydrogen-bond donors (Lipinski definition) is 0. The molecule has 12 rings (SSSR count). The SMILES string of the molecule is Cn1c2cc3c(cc2c2c(C4CCCCC4)cccc21)sc1c(Cn2c4ccc(C5CCCCC5)cc4c4cc5sc6ccccc6c5cc42)cccc13. The minimum Gasteiger partial charge on any atom is -0.344 e. The van der Waals surface area contributed by atoms with Gasteiger partial charge in [-0.15, -0.1) is 22.7 Å². The normalized spacial score (nSPS) is 16.5. The number of rotatable bonds is 4. The van der Waals surface area contributed by atoms with Crippen molar-refractivity contribution in [1.29, 1.82) is 0 Å². The van der Waals surface area contributed by atoms with Gasteiger partial charge in [0.1, 0.15) is 0 Å². The van der Waals surface area contributed by atoms with Gasteiger partial charge >= 0.3 is 0 Å². The Morgan fingerprint density at radius 3 is 2.07 bits per heavy atom. The van der Waals surface area contributed by atoms with Crippen molar-refractivity contribution >= 4 is 107 Å². The van der Waals surface area contributed by atoms with Gasteiger partial charge in [-0.05, 0) is 103 Å². The summed E-state index contributed by atoms with van der Waals surface area (Å²) < 4.78 is 10.7. The molecule has 2 saturated carbocycles. The van der Waals surface area contributed by atoms with Gasteiger partial charge in [0.15, 0.2) is 0 Å². The van der Waals surface area contributed by atoms with Gasteiger partial charge in [0.25, 0.3) is 0 Å². The molecule has 0 saturated heterocycles. The third-order valence-corrected chi connectivity index (χ3v) is 16.0. The van der Waals surface area contributed by atoms with Gasteiger partial charge < -0.3 is 9.13 Å². The smallest absolute Gasteiger partial charge is 0.0501 e. The fraction of sp³-hybridized carbons (Fsp3) is 0.280. The molecule has 0 bridgehead atoms. The molecule has 4 aromatic heterocycles. The standard InChI is InChI=1S/C50H44N2S2/c1-51-43-20-11-18-34(31-14-6-3-7-15-31)49(43)41-28-48-40(25-44(41)51)36-19-10-16-33(50(36)54-48)29-52-42-23-22-32(30-12-4-2-5-13-30)24-37(42)38-27-47-39(26-45(38)52)35-17-8-9-21-46(35)53-47/h8-11,16-28,30-31H,2-7,12-15,29H2,1H3. The highest BCUT2D eigenvalue weighted by molar-refractivity contribution is 7.26. The summed E-state index contributed by atoms with van der Waals surface area (Å²) in [6, 6.07) is 40.6. The second-order valence-corrected chi connectivity index (χ2v) is 18.7. The average Bonchev–Trinajstić information content (AvgIpc) is 3.95. The van der Waals surface area contributed by atoms with Crippen LogP contribution in [0.1, 0.15) is 92.7 Å². The van der Waals surface area contributed by atoms with E-state index in [1.54, 1.807) is 5.56 Å². The predicted molar refractivity (Wildman–Crippen MR) is 236 cm³/mol. The Balaban J connectivity index is 1.05. The zero-order valence-electron chi connectivity index (χ0n) is 31.0. The molecule has 2 aliphatic rings. The van der Waals surface area contributed by atoms with Crippen molar-refractivity contribution in [2.75, 3.05) is 0 Å². The van der Waals surface area contributed by atoms with Crippen LogP contribution in [0.4, 0.5) is 0 Å². The van der Waals surface area contributed by atoms with E-state index in [1.807, 2.05) is 22.7 Å². The molecule has 0 amide bonds. The monoisotopic (exact) mass is 736 g/mol. The first-order chi connectivity index (χ1) is 26.7. The second-order valence-electron chi connectivity index (χ2n) is 16.6. The molecule has 4 heterocycles. The van der Waals surface area contributed by atoms with E-state index in [0.717, 1.165) is 6.54 Å². The van der Waals surface area contributed by atoms with Gasteiger partial charge in [0.05, 0.1) is 5.52 Å². The summed E-state index contributed by atoms with van der Waals surface area (Å²) in [5, 5.41) is 11.3. The van der Waals surface area contributed by atoms with Crippen molar-refractivity contribution in [2.24, 2.45) is 7.05 Å². The lowest BCUT2D eigenvalue weighted by atomic mass is 9.82. The zero-order valence-corrected chi connectivity index (χ0v) is 32.6. The maximum Gasteiger partial charge on any atom is 0.0501 e. The molecular weight excluding hydrogens is 693 g/mol. The molecule has 266 valence electrons. The molecule has 6 aromatic carbocycles.